The van der Waals surface area contributed by atoms with Gasteiger partial charge in [0.05, 0.1) is 13.7 Å². The van der Waals surface area contributed by atoms with Gasteiger partial charge in [-0.2, -0.15) is 0 Å². The highest BCUT2D eigenvalue weighted by Crippen LogP contribution is 2.31. The summed E-state index contributed by atoms with van der Waals surface area (Å²) in [4.78, 5) is 15.8. The summed E-state index contributed by atoms with van der Waals surface area (Å²) in [6.45, 7) is 3.45. The van der Waals surface area contributed by atoms with Crippen molar-refractivity contribution in [3.05, 3.63) is 83.9 Å². The van der Waals surface area contributed by atoms with Crippen molar-refractivity contribution in [2.45, 2.75) is 12.8 Å². The number of nitrogens with one attached hydrogen (secondary N) is 1. The largest absolute Gasteiger partial charge is 0.493 e. The first-order chi connectivity index (χ1) is 18.1. The van der Waals surface area contributed by atoms with Gasteiger partial charge in [-0.1, -0.05) is 36.4 Å². The number of methoxy groups -OCH3 is 2. The van der Waals surface area contributed by atoms with E-state index >= 15 is 0 Å². The molecule has 3 aromatic rings. The number of hydrogen-bond acceptors (Lipinski definition) is 6. The molecule has 1 aliphatic heterocycles. The topological polar surface area (TPSA) is 86.1 Å². The lowest BCUT2D eigenvalue weighted by atomic mass is 9.89. The van der Waals surface area contributed by atoms with E-state index < -0.39 is 0 Å². The van der Waals surface area contributed by atoms with E-state index in [1.165, 1.54) is 5.56 Å². The van der Waals surface area contributed by atoms with E-state index in [-0.39, 0.29) is 5.91 Å². The number of ether oxygens (including phenoxy) is 3. The summed E-state index contributed by atoms with van der Waals surface area (Å²) in [6, 6.07) is 23.4. The normalized spacial score (nSPS) is 16.9. The number of nitrogens with zero attached hydrogens (tertiary/aromatic N) is 1. The predicted molar refractivity (Wildman–Crippen MR) is 148 cm³/mol. The smallest absolute Gasteiger partial charge is 0.258 e. The van der Waals surface area contributed by atoms with Crippen molar-refractivity contribution in [1.29, 1.82) is 0 Å². The Morgan fingerprint density at radius 1 is 0.946 bits per heavy atom. The van der Waals surface area contributed by atoms with Crippen molar-refractivity contribution < 1.29 is 19.0 Å². The van der Waals surface area contributed by atoms with Crippen LogP contribution >= 0.6 is 0 Å². The highest BCUT2D eigenvalue weighted by molar-refractivity contribution is 6.06. The summed E-state index contributed by atoms with van der Waals surface area (Å²) in [6.07, 6.45) is 1.71. The zero-order valence-electron chi connectivity index (χ0n) is 21.7. The van der Waals surface area contributed by atoms with Gasteiger partial charge in [0.15, 0.2) is 11.5 Å². The minimum absolute atomic E-state index is 0.0969. The van der Waals surface area contributed by atoms with Crippen molar-refractivity contribution in [3.8, 4) is 11.5 Å². The van der Waals surface area contributed by atoms with Gasteiger partial charge in [-0.15, -0.1) is 0 Å². The van der Waals surface area contributed by atoms with Crippen LogP contribution in [0.1, 0.15) is 22.3 Å². The molecule has 3 aromatic carbocycles. The Bertz CT molecular complexity index is 1150. The Hall–Kier alpha value is -3.55. The minimum atomic E-state index is -0.0969. The molecule has 1 saturated heterocycles. The lowest BCUT2D eigenvalue weighted by Gasteiger charge is -2.29. The van der Waals surface area contributed by atoms with Gasteiger partial charge in [-0.05, 0) is 73.3 Å². The van der Waals surface area contributed by atoms with Gasteiger partial charge in [0, 0.05) is 43.6 Å². The van der Waals surface area contributed by atoms with Crippen molar-refractivity contribution in [2.24, 2.45) is 11.8 Å². The van der Waals surface area contributed by atoms with Gasteiger partial charge in [-0.3, -0.25) is 4.79 Å². The molecule has 1 aliphatic rings. The van der Waals surface area contributed by atoms with Crippen LogP contribution in [0, 0.1) is 11.8 Å². The van der Waals surface area contributed by atoms with Crippen LogP contribution in [0.3, 0.4) is 0 Å². The van der Waals surface area contributed by atoms with Crippen LogP contribution in [0.5, 0.6) is 11.5 Å². The summed E-state index contributed by atoms with van der Waals surface area (Å²) in [7, 11) is 3.26. The minimum Gasteiger partial charge on any atom is -0.493 e. The van der Waals surface area contributed by atoms with Crippen LogP contribution in [-0.2, 0) is 11.2 Å². The number of rotatable bonds is 12. The van der Waals surface area contributed by atoms with Crippen molar-refractivity contribution in [1.82, 2.24) is 5.32 Å². The fourth-order valence-corrected chi connectivity index (χ4v) is 4.85. The fraction of sp³-hybridized carbons (Fsp3) is 0.367. The molecule has 0 aliphatic carbocycles. The summed E-state index contributed by atoms with van der Waals surface area (Å²) in [5.41, 5.74) is 9.38. The first-order valence-electron chi connectivity index (χ1n) is 12.8. The maximum Gasteiger partial charge on any atom is 0.258 e. The average Bonchev–Trinajstić information content (AvgIpc) is 3.36. The van der Waals surface area contributed by atoms with Gasteiger partial charge in [0.25, 0.3) is 5.91 Å². The molecule has 0 saturated carbocycles. The molecule has 0 radical (unpaired) electrons. The van der Waals surface area contributed by atoms with E-state index in [1.54, 1.807) is 32.4 Å². The summed E-state index contributed by atoms with van der Waals surface area (Å²) < 4.78 is 16.5. The molecule has 7 nitrogen and oxygen atoms in total. The molecular formula is C30H37N3O4. The monoisotopic (exact) mass is 503 g/mol. The quantitative estimate of drug-likeness (QED) is 0.281. The van der Waals surface area contributed by atoms with E-state index in [9.17, 15) is 4.79 Å². The SMILES string of the molecule is COCCCOc1cc(C(=O)N(C[C@H]2CNC[C@@H]2Cc2ccccc2)c2cccc(N)c2)ccc1OC. The zero-order valence-corrected chi connectivity index (χ0v) is 21.7. The lowest BCUT2D eigenvalue weighted by molar-refractivity contribution is 0.0980. The molecule has 3 N–H and O–H groups in total. The number of carbonyl (C=O) groups excluding carboxylic acids is 1. The summed E-state index contributed by atoms with van der Waals surface area (Å²) in [5.74, 6) is 1.76. The number of anilines is 2. The molecule has 4 rings (SSSR count). The number of carbonyl (C=O) groups is 1. The molecule has 37 heavy (non-hydrogen) atoms. The van der Waals surface area contributed by atoms with E-state index in [1.807, 2.05) is 35.2 Å². The summed E-state index contributed by atoms with van der Waals surface area (Å²) >= 11 is 0. The first kappa shape index (κ1) is 26.5. The Labute approximate surface area is 219 Å². The maximum absolute atomic E-state index is 14.0. The Morgan fingerprint density at radius 2 is 1.76 bits per heavy atom. The van der Waals surface area contributed by atoms with E-state index in [0.717, 1.165) is 31.6 Å². The number of benzene rings is 3. The molecule has 196 valence electrons. The van der Waals surface area contributed by atoms with Crippen molar-refractivity contribution >= 4 is 17.3 Å². The van der Waals surface area contributed by atoms with Crippen molar-refractivity contribution in [3.63, 3.8) is 0 Å². The van der Waals surface area contributed by atoms with Crippen LogP contribution in [0.2, 0.25) is 0 Å². The number of amides is 1. The predicted octanol–water partition coefficient (Wildman–Crippen LogP) is 4.42. The molecule has 1 amide bonds. The number of hydrogen-bond donors (Lipinski definition) is 2. The molecule has 0 unspecified atom stereocenters. The van der Waals surface area contributed by atoms with E-state index in [0.29, 0.717) is 54.3 Å². The first-order valence-corrected chi connectivity index (χ1v) is 12.8. The third-order valence-corrected chi connectivity index (χ3v) is 6.83. The van der Waals surface area contributed by atoms with E-state index in [4.69, 9.17) is 19.9 Å². The number of nitrogen functional groups attached to an aromatic ring is 1. The van der Waals surface area contributed by atoms with Crippen LogP contribution in [0.25, 0.3) is 0 Å². The Morgan fingerprint density at radius 3 is 2.51 bits per heavy atom. The average molecular weight is 504 g/mol. The van der Waals surface area contributed by atoms with Crippen LogP contribution in [0.15, 0.2) is 72.8 Å². The van der Waals surface area contributed by atoms with Crippen LogP contribution in [-0.4, -0.2) is 53.0 Å². The van der Waals surface area contributed by atoms with Gasteiger partial charge in [0.1, 0.15) is 0 Å². The van der Waals surface area contributed by atoms with Crippen LogP contribution < -0.4 is 25.4 Å². The molecule has 0 spiro atoms. The molecule has 1 fully saturated rings. The van der Waals surface area contributed by atoms with Gasteiger partial charge < -0.3 is 30.2 Å². The third kappa shape index (κ3) is 7.02. The molecule has 0 aromatic heterocycles. The van der Waals surface area contributed by atoms with Gasteiger partial charge in [0.2, 0.25) is 0 Å². The second kappa shape index (κ2) is 13.1. The van der Waals surface area contributed by atoms with Gasteiger partial charge >= 0.3 is 0 Å². The zero-order chi connectivity index (χ0) is 26.0. The Balaban J connectivity index is 1.58. The second-order valence-electron chi connectivity index (χ2n) is 9.44. The lowest BCUT2D eigenvalue weighted by Crippen LogP contribution is -2.38. The number of nitrogens with two attached hydrogens (primary N) is 1. The second-order valence-corrected chi connectivity index (χ2v) is 9.44. The third-order valence-electron chi connectivity index (χ3n) is 6.83. The molecule has 0 bridgehead atoms. The molecule has 1 heterocycles. The van der Waals surface area contributed by atoms with Crippen LogP contribution in [0.4, 0.5) is 11.4 Å². The molecule has 7 heteroatoms. The standard InChI is InChI=1S/C30H37N3O4/c1-35-14-7-15-37-29-17-23(12-13-28(29)36-2)30(34)33(27-11-6-10-26(31)18-27)21-25-20-32-19-24(25)16-22-8-4-3-5-9-22/h3-6,8-13,17-18,24-25,32H,7,14-16,19-21,31H2,1-2H3/t24-,25+/m0/s1. The molecular weight excluding hydrogens is 466 g/mol. The highest BCUT2D eigenvalue weighted by Gasteiger charge is 2.31. The van der Waals surface area contributed by atoms with Gasteiger partial charge in [-0.25, -0.2) is 0 Å². The maximum atomic E-state index is 14.0. The summed E-state index contributed by atoms with van der Waals surface area (Å²) in [5, 5.41) is 3.54. The highest BCUT2D eigenvalue weighted by atomic mass is 16.5. The van der Waals surface area contributed by atoms with E-state index in [2.05, 4.69) is 29.6 Å². The fourth-order valence-electron chi connectivity index (χ4n) is 4.85. The Kier molecular flexibility index (Phi) is 9.40. The molecule has 2 atom stereocenters. The van der Waals surface area contributed by atoms with Crippen molar-refractivity contribution in [2.75, 3.05) is 57.7 Å².